The van der Waals surface area contributed by atoms with Crippen LogP contribution in [-0.2, 0) is 31.9 Å². The Morgan fingerprint density at radius 1 is 1.21 bits per heavy atom. The molecule has 0 amide bonds. The van der Waals surface area contributed by atoms with Gasteiger partial charge in [0, 0.05) is 21.2 Å². The zero-order valence-corrected chi connectivity index (χ0v) is 20.7. The van der Waals surface area contributed by atoms with E-state index in [9.17, 15) is 22.8 Å². The Balaban J connectivity index is 2.19. The van der Waals surface area contributed by atoms with Gasteiger partial charge in [0.25, 0.3) is 5.56 Å². The maximum Gasteiger partial charge on any atom is 0.423 e. The Hall–Kier alpha value is -1.92. The number of piperidine rings is 1. The molecule has 1 fully saturated rings. The third-order valence-electron chi connectivity index (χ3n) is 5.44. The highest BCUT2D eigenvalue weighted by molar-refractivity contribution is 6.76. The average molecular weight is 494 g/mol. The first kappa shape index (κ1) is 27.3. The number of ether oxygens (including phenoxy) is 3. The second kappa shape index (κ2) is 12.0. The normalized spacial score (nSPS) is 17.3. The molecular weight excluding hydrogens is 459 g/mol. The van der Waals surface area contributed by atoms with E-state index in [1.54, 1.807) is 4.90 Å². The highest BCUT2D eigenvalue weighted by Gasteiger charge is 2.41. The fraction of sp³-hybridized carbons (Fsp3) is 0.762. The van der Waals surface area contributed by atoms with E-state index < -0.39 is 31.3 Å². The highest BCUT2D eigenvalue weighted by Crippen LogP contribution is 2.36. The van der Waals surface area contributed by atoms with E-state index in [1.165, 1.54) is 7.11 Å². The van der Waals surface area contributed by atoms with Gasteiger partial charge in [0.1, 0.15) is 12.3 Å². The minimum Gasteiger partial charge on any atom is -0.469 e. The number of nitrogens with zero attached hydrogens (tertiary/aromatic N) is 3. The van der Waals surface area contributed by atoms with Crippen LogP contribution in [0.1, 0.15) is 31.2 Å². The minimum atomic E-state index is -4.84. The van der Waals surface area contributed by atoms with Gasteiger partial charge in [-0.3, -0.25) is 9.59 Å². The molecule has 0 N–H and O–H groups in total. The number of rotatable bonds is 11. The monoisotopic (exact) mass is 493 g/mol. The van der Waals surface area contributed by atoms with Gasteiger partial charge >= 0.3 is 12.1 Å². The zero-order chi connectivity index (χ0) is 24.6. The quantitative estimate of drug-likeness (QED) is 0.265. The molecule has 0 aromatic carbocycles. The van der Waals surface area contributed by atoms with Crippen molar-refractivity contribution in [3.05, 3.63) is 22.1 Å². The van der Waals surface area contributed by atoms with Gasteiger partial charge in [-0.05, 0) is 25.3 Å². The molecule has 0 radical (unpaired) electrons. The SMILES string of the molecule is COC(=O)CCOCC1CCCCN1c1cnn(COCC[Si](C)(C)C)c(=O)c1C(F)(F)F. The van der Waals surface area contributed by atoms with Crippen molar-refractivity contribution in [3.8, 4) is 0 Å². The first-order chi connectivity index (χ1) is 15.4. The first-order valence-corrected chi connectivity index (χ1v) is 14.8. The van der Waals surface area contributed by atoms with Crippen LogP contribution in [0.25, 0.3) is 0 Å². The van der Waals surface area contributed by atoms with Crippen molar-refractivity contribution in [2.45, 2.75) is 70.3 Å². The maximum absolute atomic E-state index is 14.0. The molecule has 12 heteroatoms. The van der Waals surface area contributed by atoms with Crippen LogP contribution in [0.2, 0.25) is 25.7 Å². The molecule has 2 heterocycles. The Labute approximate surface area is 193 Å². The number of hydrogen-bond donors (Lipinski definition) is 0. The van der Waals surface area contributed by atoms with Gasteiger partial charge in [-0.15, -0.1) is 0 Å². The number of esters is 1. The smallest absolute Gasteiger partial charge is 0.423 e. The van der Waals surface area contributed by atoms with E-state index in [1.807, 2.05) is 0 Å². The first-order valence-electron chi connectivity index (χ1n) is 11.1. The molecule has 33 heavy (non-hydrogen) atoms. The van der Waals surface area contributed by atoms with Gasteiger partial charge in [-0.1, -0.05) is 19.6 Å². The molecule has 0 aliphatic carbocycles. The standard InChI is InChI=1S/C21H34F3N3O5Si/c1-30-18(28)8-10-31-14-16-7-5-6-9-26(16)17-13-25-27(15-32-11-12-33(2,3)4)20(29)19(17)21(22,23)24/h13,16H,5-12,14-15H2,1-4H3. The zero-order valence-electron chi connectivity index (χ0n) is 19.7. The van der Waals surface area contributed by atoms with Crippen LogP contribution in [0.3, 0.4) is 0 Å². The third-order valence-corrected chi connectivity index (χ3v) is 7.15. The summed E-state index contributed by atoms with van der Waals surface area (Å²) in [5.74, 6) is -0.422. The average Bonchev–Trinajstić information content (AvgIpc) is 2.73. The fourth-order valence-corrected chi connectivity index (χ4v) is 4.31. The van der Waals surface area contributed by atoms with E-state index in [4.69, 9.17) is 9.47 Å². The molecule has 2 rings (SSSR count). The van der Waals surface area contributed by atoms with E-state index in [-0.39, 0.29) is 38.1 Å². The lowest BCUT2D eigenvalue weighted by atomic mass is 10.0. The topological polar surface area (TPSA) is 82.9 Å². The molecule has 1 atom stereocenters. The molecule has 188 valence electrons. The molecule has 0 bridgehead atoms. The lowest BCUT2D eigenvalue weighted by molar-refractivity contribution is -0.142. The fourth-order valence-electron chi connectivity index (χ4n) is 3.55. The summed E-state index contributed by atoms with van der Waals surface area (Å²) >= 11 is 0. The summed E-state index contributed by atoms with van der Waals surface area (Å²) in [7, 11) is -0.0945. The van der Waals surface area contributed by atoms with Crippen LogP contribution >= 0.6 is 0 Å². The van der Waals surface area contributed by atoms with Gasteiger partial charge in [-0.2, -0.15) is 18.3 Å². The highest BCUT2D eigenvalue weighted by atomic mass is 28.3. The summed E-state index contributed by atoms with van der Waals surface area (Å²) in [4.78, 5) is 25.5. The summed E-state index contributed by atoms with van der Waals surface area (Å²) in [5, 5.41) is 3.97. The maximum atomic E-state index is 14.0. The number of carbonyl (C=O) groups excluding carboxylic acids is 1. The van der Waals surface area contributed by atoms with E-state index >= 15 is 0 Å². The molecule has 1 aromatic heterocycles. The number of halogens is 3. The number of methoxy groups -OCH3 is 1. The van der Waals surface area contributed by atoms with Crippen molar-refractivity contribution in [1.29, 1.82) is 0 Å². The van der Waals surface area contributed by atoms with Gasteiger partial charge in [0.05, 0.1) is 44.7 Å². The predicted molar refractivity (Wildman–Crippen MR) is 120 cm³/mol. The van der Waals surface area contributed by atoms with E-state index in [2.05, 4.69) is 29.5 Å². The van der Waals surface area contributed by atoms with Crippen molar-refractivity contribution < 1.29 is 32.2 Å². The number of alkyl halides is 3. The molecular formula is C21H34F3N3O5Si. The van der Waals surface area contributed by atoms with Gasteiger partial charge < -0.3 is 19.1 Å². The molecule has 8 nitrogen and oxygen atoms in total. The van der Waals surface area contributed by atoms with Crippen LogP contribution in [0.4, 0.5) is 18.9 Å². The molecule has 1 unspecified atom stereocenters. The molecule has 1 saturated heterocycles. The van der Waals surface area contributed by atoms with E-state index in [0.717, 1.165) is 23.3 Å². The summed E-state index contributed by atoms with van der Waals surface area (Å²) in [6, 6.07) is 0.472. The molecule has 1 aromatic rings. The van der Waals surface area contributed by atoms with Crippen LogP contribution in [0.5, 0.6) is 0 Å². The summed E-state index contributed by atoms with van der Waals surface area (Å²) < 4.78 is 58.1. The van der Waals surface area contributed by atoms with Gasteiger partial charge in [0.15, 0.2) is 0 Å². The minimum absolute atomic E-state index is 0.0618. The van der Waals surface area contributed by atoms with Crippen molar-refractivity contribution >= 4 is 19.7 Å². The Morgan fingerprint density at radius 3 is 2.58 bits per heavy atom. The molecule has 0 spiro atoms. The van der Waals surface area contributed by atoms with Crippen molar-refractivity contribution in [1.82, 2.24) is 9.78 Å². The van der Waals surface area contributed by atoms with Crippen LogP contribution in [0.15, 0.2) is 11.0 Å². The van der Waals surface area contributed by atoms with Gasteiger partial charge in [-0.25, -0.2) is 4.68 Å². The van der Waals surface area contributed by atoms with Crippen molar-refractivity contribution in [3.63, 3.8) is 0 Å². The lowest BCUT2D eigenvalue weighted by Crippen LogP contribution is -2.45. The second-order valence-electron chi connectivity index (χ2n) is 9.30. The lowest BCUT2D eigenvalue weighted by Gasteiger charge is -2.38. The Bertz CT molecular complexity index is 842. The summed E-state index contributed by atoms with van der Waals surface area (Å²) in [6.45, 7) is 7.11. The van der Waals surface area contributed by atoms with Crippen LogP contribution in [0, 0.1) is 0 Å². The Morgan fingerprint density at radius 2 is 1.94 bits per heavy atom. The summed E-state index contributed by atoms with van der Waals surface area (Å²) in [6.07, 6.45) is -1.55. The van der Waals surface area contributed by atoms with Crippen LogP contribution in [-0.4, -0.2) is 63.3 Å². The second-order valence-corrected chi connectivity index (χ2v) is 14.9. The third kappa shape index (κ3) is 8.42. The number of anilines is 1. The van der Waals surface area contributed by atoms with Crippen LogP contribution < -0.4 is 10.5 Å². The molecule has 1 aliphatic heterocycles. The Kier molecular flexibility index (Phi) is 9.92. The molecule has 0 saturated carbocycles. The van der Waals surface area contributed by atoms with Crippen molar-refractivity contribution in [2.75, 3.05) is 38.4 Å². The number of aromatic nitrogens is 2. The molecule has 1 aliphatic rings. The summed E-state index contributed by atoms with van der Waals surface area (Å²) in [5.41, 5.74) is -2.70. The van der Waals surface area contributed by atoms with E-state index in [0.29, 0.717) is 26.0 Å². The predicted octanol–water partition coefficient (Wildman–Crippen LogP) is 3.51. The number of carbonyl (C=O) groups is 1. The van der Waals surface area contributed by atoms with Crippen molar-refractivity contribution in [2.24, 2.45) is 0 Å². The number of hydrogen-bond acceptors (Lipinski definition) is 7. The largest absolute Gasteiger partial charge is 0.469 e. The van der Waals surface area contributed by atoms with Gasteiger partial charge in [0.2, 0.25) is 0 Å².